The Morgan fingerprint density at radius 3 is 2.75 bits per heavy atom. The highest BCUT2D eigenvalue weighted by Gasteiger charge is 2.33. The standard InChI is InChI=1S/C11H9F2NO2/c12-6-3-7-5(2-10(14)16)1-9(15)11(7)8(13)4-6/h3-5H,1-2H2,(H2,14,16). The first kappa shape index (κ1) is 10.7. The van der Waals surface area contributed by atoms with Crippen LogP contribution < -0.4 is 5.73 Å². The molecule has 0 bridgehead atoms. The zero-order valence-electron chi connectivity index (χ0n) is 8.30. The van der Waals surface area contributed by atoms with Crippen LogP contribution in [0.15, 0.2) is 12.1 Å². The van der Waals surface area contributed by atoms with E-state index in [4.69, 9.17) is 5.73 Å². The van der Waals surface area contributed by atoms with Gasteiger partial charge in [0.25, 0.3) is 0 Å². The molecule has 84 valence electrons. The van der Waals surface area contributed by atoms with E-state index in [1.807, 2.05) is 0 Å². The van der Waals surface area contributed by atoms with Crippen LogP contribution in [0.1, 0.15) is 34.7 Å². The van der Waals surface area contributed by atoms with Crippen LogP contribution in [0.3, 0.4) is 0 Å². The van der Waals surface area contributed by atoms with Crippen molar-refractivity contribution in [2.24, 2.45) is 5.73 Å². The summed E-state index contributed by atoms with van der Waals surface area (Å²) >= 11 is 0. The SMILES string of the molecule is NC(=O)CC1CC(=O)c2c(F)cc(F)cc21. The van der Waals surface area contributed by atoms with E-state index >= 15 is 0 Å². The van der Waals surface area contributed by atoms with Crippen LogP contribution in [0.25, 0.3) is 0 Å². The zero-order valence-corrected chi connectivity index (χ0v) is 8.30. The van der Waals surface area contributed by atoms with E-state index < -0.39 is 29.2 Å². The van der Waals surface area contributed by atoms with Crippen molar-refractivity contribution in [1.82, 2.24) is 0 Å². The maximum absolute atomic E-state index is 13.3. The lowest BCUT2D eigenvalue weighted by molar-refractivity contribution is -0.118. The molecule has 0 aromatic heterocycles. The van der Waals surface area contributed by atoms with Gasteiger partial charge in [0.2, 0.25) is 5.91 Å². The minimum atomic E-state index is -0.869. The van der Waals surface area contributed by atoms with Gasteiger partial charge in [0.1, 0.15) is 11.6 Å². The molecule has 3 nitrogen and oxygen atoms in total. The number of halogens is 2. The highest BCUT2D eigenvalue weighted by molar-refractivity contribution is 6.02. The van der Waals surface area contributed by atoms with Gasteiger partial charge in [-0.15, -0.1) is 0 Å². The number of amides is 1. The van der Waals surface area contributed by atoms with Crippen LogP contribution in [-0.2, 0) is 4.79 Å². The lowest BCUT2D eigenvalue weighted by Crippen LogP contribution is -2.14. The molecule has 2 rings (SSSR count). The normalized spacial score (nSPS) is 18.6. The van der Waals surface area contributed by atoms with E-state index in [1.165, 1.54) is 0 Å². The summed E-state index contributed by atoms with van der Waals surface area (Å²) in [5.74, 6) is -3.10. The van der Waals surface area contributed by atoms with Gasteiger partial charge in [-0.05, 0) is 11.6 Å². The topological polar surface area (TPSA) is 60.2 Å². The average Bonchev–Trinajstić information content (AvgIpc) is 2.41. The summed E-state index contributed by atoms with van der Waals surface area (Å²) in [7, 11) is 0. The van der Waals surface area contributed by atoms with Gasteiger partial charge in [-0.25, -0.2) is 8.78 Å². The molecule has 1 unspecified atom stereocenters. The second kappa shape index (κ2) is 3.66. The van der Waals surface area contributed by atoms with Gasteiger partial charge in [-0.3, -0.25) is 9.59 Å². The fourth-order valence-electron chi connectivity index (χ4n) is 2.07. The number of hydrogen-bond acceptors (Lipinski definition) is 2. The third kappa shape index (κ3) is 1.68. The molecule has 5 heteroatoms. The van der Waals surface area contributed by atoms with Gasteiger partial charge >= 0.3 is 0 Å². The predicted molar refractivity (Wildman–Crippen MR) is 51.9 cm³/mol. The number of primary amides is 1. The van der Waals surface area contributed by atoms with Crippen molar-refractivity contribution in [3.05, 3.63) is 34.9 Å². The summed E-state index contributed by atoms with van der Waals surface area (Å²) < 4.78 is 26.3. The van der Waals surface area contributed by atoms with E-state index in [-0.39, 0.29) is 24.0 Å². The third-order valence-electron chi connectivity index (χ3n) is 2.68. The molecule has 1 aliphatic rings. The summed E-state index contributed by atoms with van der Waals surface area (Å²) in [5.41, 5.74) is 5.16. The van der Waals surface area contributed by atoms with Gasteiger partial charge in [-0.1, -0.05) is 0 Å². The first-order valence-electron chi connectivity index (χ1n) is 4.79. The van der Waals surface area contributed by atoms with Crippen molar-refractivity contribution >= 4 is 11.7 Å². The first-order chi connectivity index (χ1) is 7.49. The van der Waals surface area contributed by atoms with Crippen molar-refractivity contribution < 1.29 is 18.4 Å². The van der Waals surface area contributed by atoms with Crippen molar-refractivity contribution in [2.75, 3.05) is 0 Å². The molecule has 0 saturated heterocycles. The number of nitrogens with two attached hydrogens (primary N) is 1. The Morgan fingerprint density at radius 1 is 1.44 bits per heavy atom. The molecule has 1 aromatic carbocycles. The molecule has 1 aromatic rings. The van der Waals surface area contributed by atoms with E-state index in [2.05, 4.69) is 0 Å². The molecule has 0 aliphatic heterocycles. The van der Waals surface area contributed by atoms with Gasteiger partial charge < -0.3 is 5.73 Å². The molecule has 2 N–H and O–H groups in total. The third-order valence-corrected chi connectivity index (χ3v) is 2.68. The molecule has 0 fully saturated rings. The molecule has 0 heterocycles. The number of benzene rings is 1. The lowest BCUT2D eigenvalue weighted by atomic mass is 9.97. The van der Waals surface area contributed by atoms with Gasteiger partial charge in [0.05, 0.1) is 5.56 Å². The van der Waals surface area contributed by atoms with Crippen LogP contribution in [0, 0.1) is 11.6 Å². The van der Waals surface area contributed by atoms with Crippen molar-refractivity contribution in [3.8, 4) is 0 Å². The molecule has 1 atom stereocenters. The zero-order chi connectivity index (χ0) is 11.9. The largest absolute Gasteiger partial charge is 0.370 e. The molecule has 0 spiro atoms. The quantitative estimate of drug-likeness (QED) is 0.829. The molecule has 1 aliphatic carbocycles. The molecular formula is C11H9F2NO2. The van der Waals surface area contributed by atoms with Crippen molar-refractivity contribution in [2.45, 2.75) is 18.8 Å². The monoisotopic (exact) mass is 225 g/mol. The van der Waals surface area contributed by atoms with Crippen LogP contribution >= 0.6 is 0 Å². The lowest BCUT2D eigenvalue weighted by Gasteiger charge is -2.07. The highest BCUT2D eigenvalue weighted by Crippen LogP contribution is 2.37. The van der Waals surface area contributed by atoms with Gasteiger partial charge in [0, 0.05) is 24.8 Å². The molecule has 16 heavy (non-hydrogen) atoms. The summed E-state index contributed by atoms with van der Waals surface area (Å²) in [5, 5.41) is 0. The average molecular weight is 225 g/mol. The summed E-state index contributed by atoms with van der Waals surface area (Å²) in [6, 6.07) is 1.76. The highest BCUT2D eigenvalue weighted by atomic mass is 19.1. The van der Waals surface area contributed by atoms with E-state index in [0.717, 1.165) is 6.07 Å². The summed E-state index contributed by atoms with van der Waals surface area (Å²) in [4.78, 5) is 22.2. The number of rotatable bonds is 2. The Balaban J connectivity index is 2.48. The maximum Gasteiger partial charge on any atom is 0.218 e. The minimum Gasteiger partial charge on any atom is -0.370 e. The number of hydrogen-bond donors (Lipinski definition) is 1. The number of carbonyl (C=O) groups is 2. The molecular weight excluding hydrogens is 216 g/mol. The predicted octanol–water partition coefficient (Wildman–Crippen LogP) is 1.51. The Kier molecular flexibility index (Phi) is 2.46. The molecule has 0 radical (unpaired) electrons. The fraction of sp³-hybridized carbons (Fsp3) is 0.273. The Morgan fingerprint density at radius 2 is 2.12 bits per heavy atom. The van der Waals surface area contributed by atoms with Crippen LogP contribution in [0.5, 0.6) is 0 Å². The van der Waals surface area contributed by atoms with Crippen LogP contribution in [0.4, 0.5) is 8.78 Å². The maximum atomic E-state index is 13.3. The number of carbonyl (C=O) groups excluding carboxylic acids is 2. The van der Waals surface area contributed by atoms with Crippen LogP contribution in [-0.4, -0.2) is 11.7 Å². The van der Waals surface area contributed by atoms with Crippen molar-refractivity contribution in [1.29, 1.82) is 0 Å². The van der Waals surface area contributed by atoms with Gasteiger partial charge in [0.15, 0.2) is 5.78 Å². The fourth-order valence-corrected chi connectivity index (χ4v) is 2.07. The Labute approximate surface area is 90.2 Å². The second-order valence-electron chi connectivity index (χ2n) is 3.85. The Bertz CT molecular complexity index is 485. The second-order valence-corrected chi connectivity index (χ2v) is 3.85. The number of ketones is 1. The minimum absolute atomic E-state index is 0.0125. The molecule has 1 amide bonds. The number of fused-ring (bicyclic) bond motifs is 1. The summed E-state index contributed by atoms with van der Waals surface area (Å²) in [6.07, 6.45) is -0.0553. The van der Waals surface area contributed by atoms with Gasteiger partial charge in [-0.2, -0.15) is 0 Å². The van der Waals surface area contributed by atoms with Crippen LogP contribution in [0.2, 0.25) is 0 Å². The van der Waals surface area contributed by atoms with E-state index in [0.29, 0.717) is 6.07 Å². The Hall–Kier alpha value is -1.78. The smallest absolute Gasteiger partial charge is 0.218 e. The van der Waals surface area contributed by atoms with Crippen molar-refractivity contribution in [3.63, 3.8) is 0 Å². The molecule has 0 saturated carbocycles. The summed E-state index contributed by atoms with van der Waals surface area (Å²) in [6.45, 7) is 0. The van der Waals surface area contributed by atoms with E-state index in [9.17, 15) is 18.4 Å². The number of Topliss-reactive ketones (excluding diaryl/α,β-unsaturated/α-hetero) is 1. The first-order valence-corrected chi connectivity index (χ1v) is 4.79. The van der Waals surface area contributed by atoms with E-state index in [1.54, 1.807) is 0 Å².